The topological polar surface area (TPSA) is 84.9 Å². The van der Waals surface area contributed by atoms with E-state index in [1.54, 1.807) is 0 Å². The molecular weight excluding hydrogens is 413 g/mol. The second-order valence-electron chi connectivity index (χ2n) is 7.56. The Labute approximate surface area is 184 Å². The van der Waals surface area contributed by atoms with E-state index in [0.29, 0.717) is 5.56 Å². The highest BCUT2D eigenvalue weighted by atomic mass is 19.1. The second kappa shape index (κ2) is 9.09. The van der Waals surface area contributed by atoms with Gasteiger partial charge in [0.1, 0.15) is 24.2 Å². The number of hydrogen-bond donors (Lipinski definition) is 2. The summed E-state index contributed by atoms with van der Waals surface area (Å²) >= 11 is 0. The van der Waals surface area contributed by atoms with Gasteiger partial charge < -0.3 is 19.9 Å². The van der Waals surface area contributed by atoms with Crippen molar-refractivity contribution in [2.45, 2.75) is 18.4 Å². The van der Waals surface area contributed by atoms with E-state index in [-0.39, 0.29) is 24.7 Å². The first-order valence-corrected chi connectivity index (χ1v) is 10.1. The molecule has 7 heteroatoms. The predicted octanol–water partition coefficient (Wildman–Crippen LogP) is 4.37. The van der Waals surface area contributed by atoms with Gasteiger partial charge in [0.2, 0.25) is 0 Å². The zero-order chi connectivity index (χ0) is 22.7. The number of carbonyl (C=O) groups is 2. The van der Waals surface area contributed by atoms with E-state index in [0.717, 1.165) is 22.3 Å². The Balaban J connectivity index is 1.44. The molecule has 1 aliphatic carbocycles. The molecule has 32 heavy (non-hydrogen) atoms. The molecule has 2 N–H and O–H groups in total. The number of carbonyl (C=O) groups excluding carboxylic acids is 1. The lowest BCUT2D eigenvalue weighted by Gasteiger charge is -2.18. The Kier molecular flexibility index (Phi) is 6.07. The number of carboxylic acid groups (broad SMARTS) is 1. The molecule has 0 radical (unpaired) electrons. The Bertz CT molecular complexity index is 1120. The van der Waals surface area contributed by atoms with Gasteiger partial charge in [0, 0.05) is 18.4 Å². The maximum Gasteiger partial charge on any atom is 0.407 e. The van der Waals surface area contributed by atoms with E-state index < -0.39 is 23.9 Å². The van der Waals surface area contributed by atoms with Crippen molar-refractivity contribution in [2.24, 2.45) is 0 Å². The summed E-state index contributed by atoms with van der Waals surface area (Å²) in [6.07, 6.45) is -0.962. The molecule has 0 heterocycles. The molecule has 0 aromatic heterocycles. The summed E-state index contributed by atoms with van der Waals surface area (Å²) in [6, 6.07) is 18.5. The molecule has 0 unspecified atom stereocenters. The van der Waals surface area contributed by atoms with Crippen LogP contribution >= 0.6 is 0 Å². The fourth-order valence-corrected chi connectivity index (χ4v) is 4.07. The third-order valence-electron chi connectivity index (χ3n) is 5.54. The van der Waals surface area contributed by atoms with Gasteiger partial charge in [0.15, 0.2) is 0 Å². The summed E-state index contributed by atoms with van der Waals surface area (Å²) < 4.78 is 24.2. The third-order valence-corrected chi connectivity index (χ3v) is 5.54. The van der Waals surface area contributed by atoms with Crippen molar-refractivity contribution in [1.29, 1.82) is 0 Å². The number of carboxylic acids is 1. The summed E-state index contributed by atoms with van der Waals surface area (Å²) in [7, 11) is 1.39. The monoisotopic (exact) mass is 435 g/mol. The molecule has 0 aliphatic heterocycles. The molecule has 164 valence electrons. The lowest BCUT2D eigenvalue weighted by Crippen LogP contribution is -2.42. The number of rotatable bonds is 7. The quantitative estimate of drug-likeness (QED) is 0.576. The fraction of sp³-hybridized carbons (Fsp3) is 0.200. The molecule has 0 saturated carbocycles. The van der Waals surface area contributed by atoms with Crippen molar-refractivity contribution < 1.29 is 28.6 Å². The van der Waals surface area contributed by atoms with E-state index in [1.807, 2.05) is 48.5 Å². The normalized spacial score (nSPS) is 13.1. The number of hydrogen-bond acceptors (Lipinski definition) is 4. The molecule has 3 aromatic carbocycles. The number of nitrogens with one attached hydrogen (secondary N) is 1. The highest BCUT2D eigenvalue weighted by Crippen LogP contribution is 2.44. The van der Waals surface area contributed by atoms with Gasteiger partial charge in [-0.25, -0.2) is 14.0 Å². The van der Waals surface area contributed by atoms with E-state index in [2.05, 4.69) is 5.32 Å². The highest BCUT2D eigenvalue weighted by molar-refractivity contribution is 5.81. The Morgan fingerprint density at radius 2 is 1.66 bits per heavy atom. The summed E-state index contributed by atoms with van der Waals surface area (Å²) in [5.41, 5.74) is 4.70. The number of benzene rings is 3. The van der Waals surface area contributed by atoms with Crippen molar-refractivity contribution in [2.75, 3.05) is 13.7 Å². The van der Waals surface area contributed by atoms with Crippen molar-refractivity contribution in [3.05, 3.63) is 89.2 Å². The van der Waals surface area contributed by atoms with Gasteiger partial charge in [-0.05, 0) is 39.9 Å². The number of methoxy groups -OCH3 is 1. The minimum absolute atomic E-state index is 0.0694. The average Bonchev–Trinajstić information content (AvgIpc) is 3.10. The Hall–Kier alpha value is -3.87. The van der Waals surface area contributed by atoms with Crippen LogP contribution in [0.4, 0.5) is 9.18 Å². The maximum absolute atomic E-state index is 13.7. The summed E-state index contributed by atoms with van der Waals surface area (Å²) in [4.78, 5) is 24.1. The number of fused-ring (bicyclic) bond motifs is 3. The van der Waals surface area contributed by atoms with Crippen LogP contribution < -0.4 is 10.1 Å². The summed E-state index contributed by atoms with van der Waals surface area (Å²) in [5, 5.41) is 11.9. The van der Waals surface area contributed by atoms with E-state index in [9.17, 15) is 19.1 Å². The largest absolute Gasteiger partial charge is 0.497 e. The first-order chi connectivity index (χ1) is 15.5. The van der Waals surface area contributed by atoms with Crippen molar-refractivity contribution in [3.8, 4) is 16.9 Å². The van der Waals surface area contributed by atoms with Crippen LogP contribution in [0.1, 0.15) is 22.6 Å². The van der Waals surface area contributed by atoms with Gasteiger partial charge in [-0.1, -0.05) is 48.5 Å². The number of aliphatic carboxylic acids is 1. The second-order valence-corrected chi connectivity index (χ2v) is 7.56. The van der Waals surface area contributed by atoms with Gasteiger partial charge in [0.05, 0.1) is 7.11 Å². The van der Waals surface area contributed by atoms with Gasteiger partial charge >= 0.3 is 12.1 Å². The molecule has 3 aromatic rings. The lowest BCUT2D eigenvalue weighted by molar-refractivity contribution is -0.139. The first-order valence-electron chi connectivity index (χ1n) is 10.1. The minimum atomic E-state index is -1.28. The molecule has 4 rings (SSSR count). The first kappa shape index (κ1) is 21.4. The van der Waals surface area contributed by atoms with Crippen LogP contribution in [0.15, 0.2) is 66.7 Å². The molecule has 0 spiro atoms. The summed E-state index contributed by atoms with van der Waals surface area (Å²) in [6.45, 7) is 0.0694. The molecule has 6 nitrogen and oxygen atoms in total. The number of halogens is 1. The van der Waals surface area contributed by atoms with Crippen LogP contribution in [-0.2, 0) is 16.0 Å². The fourth-order valence-electron chi connectivity index (χ4n) is 4.07. The van der Waals surface area contributed by atoms with Crippen molar-refractivity contribution in [1.82, 2.24) is 5.32 Å². The standard InChI is InChI=1S/C25H22FNO5/c1-31-17-11-15(10-16(26)13-17)12-23(24(28)29)27-25(30)32-14-22-20-8-4-2-6-18(20)19-7-3-5-9-21(19)22/h2-11,13,22-23H,12,14H2,1H3,(H,27,30)(H,28,29)/t23-/m1/s1. The molecule has 0 fully saturated rings. The number of ether oxygens (including phenoxy) is 2. The molecule has 0 bridgehead atoms. The van der Waals surface area contributed by atoms with Crippen molar-refractivity contribution >= 4 is 12.1 Å². The number of amides is 1. The molecule has 0 saturated heterocycles. The molecule has 1 atom stereocenters. The molecule has 1 aliphatic rings. The maximum atomic E-state index is 13.7. The molecular formula is C25H22FNO5. The van der Waals surface area contributed by atoms with Crippen LogP contribution in [0, 0.1) is 5.82 Å². The summed E-state index contributed by atoms with van der Waals surface area (Å²) in [5.74, 6) is -1.67. The van der Waals surface area contributed by atoms with Gasteiger partial charge in [-0.3, -0.25) is 0 Å². The van der Waals surface area contributed by atoms with Gasteiger partial charge in [-0.15, -0.1) is 0 Å². The Morgan fingerprint density at radius 1 is 1.03 bits per heavy atom. The van der Waals surface area contributed by atoms with E-state index >= 15 is 0 Å². The van der Waals surface area contributed by atoms with Crippen LogP contribution in [-0.4, -0.2) is 36.9 Å². The zero-order valence-corrected chi connectivity index (χ0v) is 17.4. The van der Waals surface area contributed by atoms with Crippen LogP contribution in [0.2, 0.25) is 0 Å². The Morgan fingerprint density at radius 3 is 2.25 bits per heavy atom. The van der Waals surface area contributed by atoms with Crippen molar-refractivity contribution in [3.63, 3.8) is 0 Å². The lowest BCUT2D eigenvalue weighted by atomic mass is 9.98. The zero-order valence-electron chi connectivity index (χ0n) is 17.4. The minimum Gasteiger partial charge on any atom is -0.497 e. The highest BCUT2D eigenvalue weighted by Gasteiger charge is 2.29. The van der Waals surface area contributed by atoms with E-state index in [4.69, 9.17) is 9.47 Å². The van der Waals surface area contributed by atoms with Crippen LogP contribution in [0.3, 0.4) is 0 Å². The predicted molar refractivity (Wildman–Crippen MR) is 116 cm³/mol. The molecule has 1 amide bonds. The van der Waals surface area contributed by atoms with Gasteiger partial charge in [0.25, 0.3) is 0 Å². The SMILES string of the molecule is COc1cc(F)cc(C[C@@H](NC(=O)OCC2c3ccccc3-c3ccccc32)C(=O)O)c1. The van der Waals surface area contributed by atoms with Crippen LogP contribution in [0.25, 0.3) is 11.1 Å². The van der Waals surface area contributed by atoms with Gasteiger partial charge in [-0.2, -0.15) is 0 Å². The van der Waals surface area contributed by atoms with E-state index in [1.165, 1.54) is 25.3 Å². The third kappa shape index (κ3) is 4.42. The van der Waals surface area contributed by atoms with Crippen LogP contribution in [0.5, 0.6) is 5.75 Å². The smallest absolute Gasteiger partial charge is 0.407 e. The average molecular weight is 435 g/mol. The number of alkyl carbamates (subject to hydrolysis) is 1.